The van der Waals surface area contributed by atoms with Gasteiger partial charge in [0.2, 0.25) is 0 Å². The van der Waals surface area contributed by atoms with E-state index in [-0.39, 0.29) is 11.3 Å². The summed E-state index contributed by atoms with van der Waals surface area (Å²) in [4.78, 5) is 14.3. The Bertz CT molecular complexity index is 429. The van der Waals surface area contributed by atoms with Gasteiger partial charge in [0, 0.05) is 11.4 Å². The third-order valence-electron chi connectivity index (χ3n) is 3.81. The highest BCUT2D eigenvalue weighted by Gasteiger charge is 2.30. The predicted molar refractivity (Wildman–Crippen MR) is 75.7 cm³/mol. The third kappa shape index (κ3) is 2.72. The van der Waals surface area contributed by atoms with Gasteiger partial charge >= 0.3 is 0 Å². The van der Waals surface area contributed by atoms with Crippen molar-refractivity contribution in [3.8, 4) is 0 Å². The van der Waals surface area contributed by atoms with Gasteiger partial charge in [0.25, 0.3) is 5.91 Å². The molecule has 1 fully saturated rings. The molecule has 0 spiro atoms. The molecule has 1 N–H and O–H groups in total. The molecular weight excluding hydrogens is 266 g/mol. The monoisotopic (exact) mass is 283 g/mol. The van der Waals surface area contributed by atoms with Crippen LogP contribution in [0, 0.1) is 5.92 Å². The van der Waals surface area contributed by atoms with Crippen LogP contribution in [0.15, 0.2) is 6.07 Å². The van der Waals surface area contributed by atoms with Gasteiger partial charge in [-0.25, -0.2) is 0 Å². The quantitative estimate of drug-likeness (QED) is 0.844. The van der Waals surface area contributed by atoms with Crippen LogP contribution in [0.3, 0.4) is 0 Å². The Balaban J connectivity index is 1.59. The molecule has 3 rings (SSSR count). The molecule has 1 aromatic rings. The number of hydrogen-bond acceptors (Lipinski definition) is 2. The Labute approximate surface area is 117 Å². The highest BCUT2D eigenvalue weighted by atomic mass is 35.5. The van der Waals surface area contributed by atoms with Crippen LogP contribution in [0.4, 0.5) is 0 Å². The van der Waals surface area contributed by atoms with Crippen LogP contribution in [0.25, 0.3) is 0 Å². The number of nitrogens with one attached hydrogen (secondary N) is 1. The zero-order valence-corrected chi connectivity index (χ0v) is 11.9. The van der Waals surface area contributed by atoms with E-state index in [9.17, 15) is 4.79 Å². The molecule has 1 saturated carbocycles. The van der Waals surface area contributed by atoms with Crippen LogP contribution in [-0.4, -0.2) is 17.8 Å². The zero-order chi connectivity index (χ0) is 12.5. The molecule has 1 heterocycles. The SMILES string of the molecule is O=C(NCC(Cl)C1CC1)c1cc2c(s1)CCCC2. The molecule has 0 saturated heterocycles. The standard InChI is InChI=1S/C14H18ClNOS/c15-11(9-5-6-9)8-16-14(17)13-7-10-3-1-2-4-12(10)18-13/h7,9,11H,1-6,8H2,(H,16,17). The van der Waals surface area contributed by atoms with Crippen molar-refractivity contribution in [1.82, 2.24) is 5.32 Å². The molecule has 1 atom stereocenters. The minimum Gasteiger partial charge on any atom is -0.350 e. The highest BCUT2D eigenvalue weighted by Crippen LogP contribution is 2.35. The summed E-state index contributed by atoms with van der Waals surface area (Å²) in [6.07, 6.45) is 7.25. The summed E-state index contributed by atoms with van der Waals surface area (Å²) in [7, 11) is 0. The van der Waals surface area contributed by atoms with E-state index in [1.54, 1.807) is 11.3 Å². The average molecular weight is 284 g/mol. The van der Waals surface area contributed by atoms with E-state index < -0.39 is 0 Å². The number of thiophene rings is 1. The average Bonchev–Trinajstić information content (AvgIpc) is 3.14. The maximum atomic E-state index is 12.1. The summed E-state index contributed by atoms with van der Waals surface area (Å²) < 4.78 is 0. The summed E-state index contributed by atoms with van der Waals surface area (Å²) >= 11 is 7.86. The van der Waals surface area contributed by atoms with Crippen molar-refractivity contribution in [2.24, 2.45) is 5.92 Å². The minimum atomic E-state index is 0.0562. The summed E-state index contributed by atoms with van der Waals surface area (Å²) in [5.41, 5.74) is 1.39. The Kier molecular flexibility index (Phi) is 3.62. The first kappa shape index (κ1) is 12.5. The molecule has 2 nitrogen and oxygen atoms in total. The fourth-order valence-corrected chi connectivity index (χ4v) is 4.00. The molecule has 0 aliphatic heterocycles. The van der Waals surface area contributed by atoms with E-state index in [1.165, 1.54) is 36.1 Å². The van der Waals surface area contributed by atoms with Crippen molar-refractivity contribution < 1.29 is 4.79 Å². The number of amides is 1. The Morgan fingerprint density at radius 1 is 1.44 bits per heavy atom. The lowest BCUT2D eigenvalue weighted by Gasteiger charge is -2.08. The number of carbonyl (C=O) groups excluding carboxylic acids is 1. The van der Waals surface area contributed by atoms with Crippen molar-refractivity contribution in [2.75, 3.05) is 6.54 Å². The lowest BCUT2D eigenvalue weighted by Crippen LogP contribution is -2.30. The van der Waals surface area contributed by atoms with Crippen molar-refractivity contribution in [3.05, 3.63) is 21.4 Å². The first-order valence-corrected chi connectivity index (χ1v) is 8.03. The molecule has 1 amide bonds. The first-order chi connectivity index (χ1) is 8.74. The molecule has 0 radical (unpaired) electrons. The number of alkyl halides is 1. The lowest BCUT2D eigenvalue weighted by atomic mass is 9.99. The van der Waals surface area contributed by atoms with Crippen LogP contribution < -0.4 is 5.32 Å². The summed E-state index contributed by atoms with van der Waals surface area (Å²) in [6.45, 7) is 0.605. The van der Waals surface area contributed by atoms with E-state index in [1.807, 2.05) is 0 Å². The largest absolute Gasteiger partial charge is 0.350 e. The van der Waals surface area contributed by atoms with Gasteiger partial charge in [0.15, 0.2) is 0 Å². The molecule has 0 bridgehead atoms. The van der Waals surface area contributed by atoms with Gasteiger partial charge in [0.1, 0.15) is 0 Å². The maximum absolute atomic E-state index is 12.1. The van der Waals surface area contributed by atoms with E-state index in [0.29, 0.717) is 12.5 Å². The van der Waals surface area contributed by atoms with E-state index >= 15 is 0 Å². The molecule has 4 heteroatoms. The smallest absolute Gasteiger partial charge is 0.261 e. The zero-order valence-electron chi connectivity index (χ0n) is 10.4. The van der Waals surface area contributed by atoms with Crippen LogP contribution in [0.2, 0.25) is 0 Å². The van der Waals surface area contributed by atoms with Crippen LogP contribution in [0.1, 0.15) is 45.8 Å². The number of aryl methyl sites for hydroxylation is 2. The molecule has 1 unspecified atom stereocenters. The lowest BCUT2D eigenvalue weighted by molar-refractivity contribution is 0.0957. The topological polar surface area (TPSA) is 29.1 Å². The third-order valence-corrected chi connectivity index (χ3v) is 5.56. The van der Waals surface area contributed by atoms with E-state index in [0.717, 1.165) is 17.7 Å². The molecule has 1 aromatic heterocycles. The van der Waals surface area contributed by atoms with Gasteiger partial charge in [-0.3, -0.25) is 4.79 Å². The Hall–Kier alpha value is -0.540. The molecule has 18 heavy (non-hydrogen) atoms. The fraction of sp³-hybridized carbons (Fsp3) is 0.643. The van der Waals surface area contributed by atoms with Gasteiger partial charge in [-0.15, -0.1) is 22.9 Å². The predicted octanol–water partition coefficient (Wildman–Crippen LogP) is 3.37. The molecule has 2 aliphatic rings. The number of fused-ring (bicyclic) bond motifs is 1. The van der Waals surface area contributed by atoms with Gasteiger partial charge in [-0.1, -0.05) is 0 Å². The maximum Gasteiger partial charge on any atom is 0.261 e. The Morgan fingerprint density at radius 2 is 2.22 bits per heavy atom. The van der Waals surface area contributed by atoms with Crippen molar-refractivity contribution in [2.45, 2.75) is 43.9 Å². The summed E-state index contributed by atoms with van der Waals surface area (Å²) in [5, 5.41) is 3.08. The fourth-order valence-electron chi connectivity index (χ4n) is 2.50. The van der Waals surface area contributed by atoms with Crippen LogP contribution in [-0.2, 0) is 12.8 Å². The van der Waals surface area contributed by atoms with E-state index in [4.69, 9.17) is 11.6 Å². The minimum absolute atomic E-state index is 0.0562. The first-order valence-electron chi connectivity index (χ1n) is 6.78. The second-order valence-corrected chi connectivity index (χ2v) is 7.03. The highest BCUT2D eigenvalue weighted by molar-refractivity contribution is 7.14. The molecule has 0 aromatic carbocycles. The van der Waals surface area contributed by atoms with Gasteiger partial charge in [-0.05, 0) is 56.1 Å². The molecule has 98 valence electrons. The Morgan fingerprint density at radius 3 is 2.94 bits per heavy atom. The number of halogens is 1. The molecular formula is C14H18ClNOS. The summed E-state index contributed by atoms with van der Waals surface area (Å²) in [6, 6.07) is 2.08. The normalized spacial score (nSPS) is 20.3. The number of rotatable bonds is 4. The van der Waals surface area contributed by atoms with Crippen molar-refractivity contribution in [1.29, 1.82) is 0 Å². The second kappa shape index (κ2) is 5.22. The number of hydrogen-bond donors (Lipinski definition) is 1. The van der Waals surface area contributed by atoms with Gasteiger partial charge < -0.3 is 5.32 Å². The summed E-state index contributed by atoms with van der Waals surface area (Å²) in [5.74, 6) is 0.684. The molecule has 2 aliphatic carbocycles. The number of carbonyl (C=O) groups is 1. The second-order valence-electron chi connectivity index (χ2n) is 5.33. The van der Waals surface area contributed by atoms with Gasteiger partial charge in [-0.2, -0.15) is 0 Å². The van der Waals surface area contributed by atoms with Crippen molar-refractivity contribution in [3.63, 3.8) is 0 Å². The van der Waals surface area contributed by atoms with Crippen molar-refractivity contribution >= 4 is 28.8 Å². The van der Waals surface area contributed by atoms with Crippen LogP contribution >= 0.6 is 22.9 Å². The van der Waals surface area contributed by atoms with Gasteiger partial charge in [0.05, 0.1) is 10.3 Å². The van der Waals surface area contributed by atoms with E-state index in [2.05, 4.69) is 11.4 Å². The van der Waals surface area contributed by atoms with Crippen LogP contribution in [0.5, 0.6) is 0 Å².